The van der Waals surface area contributed by atoms with Gasteiger partial charge in [-0.15, -0.1) is 0 Å². The molecule has 1 aromatic carbocycles. The molecular formula is C15H16N4O. The topological polar surface area (TPSA) is 56.7 Å². The normalized spacial score (nSPS) is 15.7. The van der Waals surface area contributed by atoms with E-state index in [1.807, 2.05) is 25.2 Å². The summed E-state index contributed by atoms with van der Waals surface area (Å²) < 4.78 is 7.45. The summed E-state index contributed by atoms with van der Waals surface area (Å²) in [4.78, 5) is 9.14. The molecule has 0 spiro atoms. The number of imidazole rings is 1. The number of benzene rings is 1. The van der Waals surface area contributed by atoms with Gasteiger partial charge in [0.1, 0.15) is 5.82 Å². The Balaban J connectivity index is 1.63. The Hall–Kier alpha value is -2.17. The van der Waals surface area contributed by atoms with Gasteiger partial charge in [0.2, 0.25) is 5.89 Å². The summed E-state index contributed by atoms with van der Waals surface area (Å²) in [5.74, 6) is 2.97. The van der Waals surface area contributed by atoms with E-state index in [1.165, 1.54) is 19.3 Å². The summed E-state index contributed by atoms with van der Waals surface area (Å²) in [6.45, 7) is 0. The van der Waals surface area contributed by atoms with Gasteiger partial charge in [0.25, 0.3) is 0 Å². The van der Waals surface area contributed by atoms with E-state index in [2.05, 4.69) is 25.8 Å². The molecule has 2 heterocycles. The van der Waals surface area contributed by atoms with Crippen molar-refractivity contribution in [1.29, 1.82) is 0 Å². The molecule has 1 saturated carbocycles. The van der Waals surface area contributed by atoms with E-state index in [4.69, 9.17) is 4.52 Å². The van der Waals surface area contributed by atoms with Gasteiger partial charge in [0.05, 0.1) is 17.5 Å². The Kier molecular flexibility index (Phi) is 2.58. The summed E-state index contributed by atoms with van der Waals surface area (Å²) in [5.41, 5.74) is 2.14. The van der Waals surface area contributed by atoms with Crippen molar-refractivity contribution in [2.24, 2.45) is 7.05 Å². The Morgan fingerprint density at radius 3 is 2.85 bits per heavy atom. The van der Waals surface area contributed by atoms with E-state index in [9.17, 15) is 0 Å². The van der Waals surface area contributed by atoms with Crippen LogP contribution in [-0.2, 0) is 13.5 Å². The van der Waals surface area contributed by atoms with Crippen molar-refractivity contribution in [3.05, 3.63) is 41.8 Å². The average Bonchev–Trinajstić information content (AvgIpc) is 2.95. The van der Waals surface area contributed by atoms with Crippen molar-refractivity contribution in [2.75, 3.05) is 0 Å². The van der Waals surface area contributed by atoms with E-state index in [0.29, 0.717) is 12.3 Å². The van der Waals surface area contributed by atoms with E-state index < -0.39 is 0 Å². The van der Waals surface area contributed by atoms with E-state index in [-0.39, 0.29) is 0 Å². The van der Waals surface area contributed by atoms with Crippen molar-refractivity contribution in [3.63, 3.8) is 0 Å². The zero-order valence-corrected chi connectivity index (χ0v) is 11.4. The molecule has 5 nitrogen and oxygen atoms in total. The average molecular weight is 268 g/mol. The fraction of sp³-hybridized carbons (Fsp3) is 0.400. The number of hydrogen-bond acceptors (Lipinski definition) is 4. The largest absolute Gasteiger partial charge is 0.339 e. The molecule has 0 atom stereocenters. The van der Waals surface area contributed by atoms with Gasteiger partial charge in [0.15, 0.2) is 5.82 Å². The first-order valence-electron chi connectivity index (χ1n) is 7.04. The van der Waals surface area contributed by atoms with E-state index in [1.54, 1.807) is 0 Å². The maximum atomic E-state index is 5.36. The SMILES string of the molecule is Cn1c(Cc2noc(C3CCC3)n2)nc2ccccc21. The molecule has 0 N–H and O–H groups in total. The highest BCUT2D eigenvalue weighted by Crippen LogP contribution is 2.35. The van der Waals surface area contributed by atoms with Gasteiger partial charge in [-0.25, -0.2) is 4.98 Å². The molecule has 0 bridgehead atoms. The lowest BCUT2D eigenvalue weighted by Gasteiger charge is -2.20. The van der Waals surface area contributed by atoms with Gasteiger partial charge in [-0.1, -0.05) is 23.7 Å². The Bertz CT molecular complexity index is 754. The molecule has 0 unspecified atom stereocenters. The fourth-order valence-corrected chi connectivity index (χ4v) is 2.66. The summed E-state index contributed by atoms with van der Waals surface area (Å²) in [6, 6.07) is 8.12. The summed E-state index contributed by atoms with van der Waals surface area (Å²) >= 11 is 0. The van der Waals surface area contributed by atoms with Gasteiger partial charge in [-0.3, -0.25) is 0 Å². The molecule has 5 heteroatoms. The van der Waals surface area contributed by atoms with Crippen LogP contribution in [-0.4, -0.2) is 19.7 Å². The lowest BCUT2D eigenvalue weighted by molar-refractivity contribution is 0.291. The minimum Gasteiger partial charge on any atom is -0.339 e. The molecule has 1 aliphatic rings. The highest BCUT2D eigenvalue weighted by Gasteiger charge is 2.25. The number of nitrogens with zero attached hydrogens (tertiary/aromatic N) is 4. The zero-order chi connectivity index (χ0) is 13.5. The maximum Gasteiger partial charge on any atom is 0.229 e. The molecule has 1 fully saturated rings. The summed E-state index contributed by atoms with van der Waals surface area (Å²) in [7, 11) is 2.03. The second-order valence-corrected chi connectivity index (χ2v) is 5.43. The van der Waals surface area contributed by atoms with Crippen molar-refractivity contribution < 1.29 is 4.52 Å². The van der Waals surface area contributed by atoms with E-state index in [0.717, 1.165) is 28.6 Å². The van der Waals surface area contributed by atoms with Crippen molar-refractivity contribution in [3.8, 4) is 0 Å². The highest BCUT2D eigenvalue weighted by atomic mass is 16.5. The van der Waals surface area contributed by atoms with Gasteiger partial charge in [-0.05, 0) is 25.0 Å². The zero-order valence-electron chi connectivity index (χ0n) is 11.4. The van der Waals surface area contributed by atoms with Gasteiger partial charge < -0.3 is 9.09 Å². The van der Waals surface area contributed by atoms with Crippen LogP contribution in [0.25, 0.3) is 11.0 Å². The summed E-state index contributed by atoms with van der Waals surface area (Å²) in [6.07, 6.45) is 4.23. The minimum atomic E-state index is 0.483. The van der Waals surface area contributed by atoms with Gasteiger partial charge in [-0.2, -0.15) is 4.98 Å². The standard InChI is InChI=1S/C15H16N4O/c1-19-12-8-3-2-7-11(12)16-14(19)9-13-17-15(20-18-13)10-5-4-6-10/h2-3,7-8,10H,4-6,9H2,1H3. The first kappa shape index (κ1) is 11.6. The first-order chi connectivity index (χ1) is 9.81. The Morgan fingerprint density at radius 1 is 1.25 bits per heavy atom. The van der Waals surface area contributed by atoms with Crippen molar-refractivity contribution >= 4 is 11.0 Å². The van der Waals surface area contributed by atoms with Crippen LogP contribution in [0.2, 0.25) is 0 Å². The Labute approximate surface area is 116 Å². The molecule has 2 aromatic heterocycles. The van der Waals surface area contributed by atoms with Crippen LogP contribution in [0.4, 0.5) is 0 Å². The van der Waals surface area contributed by atoms with E-state index >= 15 is 0 Å². The van der Waals surface area contributed by atoms with Crippen LogP contribution in [0.1, 0.15) is 42.7 Å². The number of aryl methyl sites for hydroxylation is 1. The molecule has 20 heavy (non-hydrogen) atoms. The number of fused-ring (bicyclic) bond motifs is 1. The highest BCUT2D eigenvalue weighted by molar-refractivity contribution is 5.75. The van der Waals surface area contributed by atoms with Gasteiger partial charge in [0, 0.05) is 13.0 Å². The summed E-state index contributed by atoms with van der Waals surface area (Å²) in [5, 5.41) is 4.09. The molecule has 1 aliphatic carbocycles. The monoisotopic (exact) mass is 268 g/mol. The van der Waals surface area contributed by atoms with Crippen LogP contribution < -0.4 is 0 Å². The van der Waals surface area contributed by atoms with Crippen LogP contribution in [0, 0.1) is 0 Å². The van der Waals surface area contributed by atoms with Crippen molar-refractivity contribution in [1.82, 2.24) is 19.7 Å². The molecule has 0 aliphatic heterocycles. The second-order valence-electron chi connectivity index (χ2n) is 5.43. The predicted molar refractivity (Wildman–Crippen MR) is 74.4 cm³/mol. The quantitative estimate of drug-likeness (QED) is 0.733. The first-order valence-corrected chi connectivity index (χ1v) is 7.04. The van der Waals surface area contributed by atoms with Gasteiger partial charge >= 0.3 is 0 Å². The molecule has 4 rings (SSSR count). The van der Waals surface area contributed by atoms with Crippen molar-refractivity contribution in [2.45, 2.75) is 31.6 Å². The van der Waals surface area contributed by atoms with Crippen LogP contribution in [0.15, 0.2) is 28.8 Å². The second kappa shape index (κ2) is 4.44. The number of rotatable bonds is 3. The number of aromatic nitrogens is 4. The molecule has 0 radical (unpaired) electrons. The third-order valence-corrected chi connectivity index (χ3v) is 4.13. The smallest absolute Gasteiger partial charge is 0.229 e. The minimum absolute atomic E-state index is 0.483. The number of para-hydroxylation sites is 2. The molecule has 0 saturated heterocycles. The molecule has 0 amide bonds. The fourth-order valence-electron chi connectivity index (χ4n) is 2.66. The lowest BCUT2D eigenvalue weighted by Crippen LogP contribution is -2.09. The predicted octanol–water partition coefficient (Wildman–Crippen LogP) is 2.81. The number of hydrogen-bond donors (Lipinski definition) is 0. The lowest BCUT2D eigenvalue weighted by atomic mass is 9.85. The van der Waals surface area contributed by atoms with Crippen LogP contribution in [0.5, 0.6) is 0 Å². The Morgan fingerprint density at radius 2 is 2.10 bits per heavy atom. The van der Waals surface area contributed by atoms with Crippen LogP contribution in [0.3, 0.4) is 0 Å². The van der Waals surface area contributed by atoms with Crippen LogP contribution >= 0.6 is 0 Å². The molecular weight excluding hydrogens is 252 g/mol. The maximum absolute atomic E-state index is 5.36. The third-order valence-electron chi connectivity index (χ3n) is 4.13. The molecule has 102 valence electrons. The third kappa shape index (κ3) is 1.81. The molecule has 3 aromatic rings.